The van der Waals surface area contributed by atoms with Crippen LogP contribution in [0.5, 0.6) is 0 Å². The van der Waals surface area contributed by atoms with Crippen molar-refractivity contribution in [3.8, 4) is 0 Å². The van der Waals surface area contributed by atoms with Gasteiger partial charge in [-0.1, -0.05) is 53.6 Å². The van der Waals surface area contributed by atoms with Gasteiger partial charge in [-0.25, -0.2) is 0 Å². The van der Waals surface area contributed by atoms with E-state index in [0.29, 0.717) is 5.56 Å². The molecule has 2 aromatic carbocycles. The Morgan fingerprint density at radius 2 is 1.68 bits per heavy atom. The third kappa shape index (κ3) is 4.90. The summed E-state index contributed by atoms with van der Waals surface area (Å²) in [5.74, 6) is -0.542. The van der Waals surface area contributed by atoms with Crippen LogP contribution in [-0.4, -0.2) is 35.3 Å². The van der Waals surface area contributed by atoms with Crippen LogP contribution in [0.1, 0.15) is 42.7 Å². The Kier molecular flexibility index (Phi) is 7.18. The Labute approximate surface area is 165 Å². The van der Waals surface area contributed by atoms with Crippen LogP contribution in [0, 0.1) is 0 Å². The van der Waals surface area contributed by atoms with Gasteiger partial charge in [0.05, 0.1) is 6.04 Å². The summed E-state index contributed by atoms with van der Waals surface area (Å²) >= 11 is 0. The Morgan fingerprint density at radius 3 is 2.25 bits per heavy atom. The fraction of sp³-hybridized carbons (Fsp3) is 0.333. The highest BCUT2D eigenvalue weighted by molar-refractivity contribution is 5.99. The van der Waals surface area contributed by atoms with Crippen molar-refractivity contribution in [2.45, 2.75) is 32.4 Å². The minimum atomic E-state index is -1.13. The van der Waals surface area contributed by atoms with Crippen LogP contribution in [0.2, 0.25) is 0 Å². The molecule has 0 radical (unpaired) electrons. The standard InChI is InChI=1S/C21H25N5O2/c1-16(17-10-6-4-7-11-17)26(19(27)18-12-8-5-9-13-18)21(2,3)20(28)23-14-15-24-25-22/h4-13,16H,14-15H2,1-3H3,(H,23,28)/t16-/m0/s1. The first-order valence-electron chi connectivity index (χ1n) is 9.12. The number of benzene rings is 2. The van der Waals surface area contributed by atoms with E-state index in [2.05, 4.69) is 15.3 Å². The van der Waals surface area contributed by atoms with Gasteiger partial charge in [0.1, 0.15) is 5.54 Å². The molecule has 2 rings (SSSR count). The molecule has 1 atom stereocenters. The van der Waals surface area contributed by atoms with Gasteiger partial charge < -0.3 is 10.2 Å². The Hall–Kier alpha value is -3.31. The number of azide groups is 1. The predicted molar refractivity (Wildman–Crippen MR) is 109 cm³/mol. The first-order chi connectivity index (χ1) is 13.4. The maximum atomic E-state index is 13.4. The van der Waals surface area contributed by atoms with E-state index in [1.807, 2.05) is 43.3 Å². The molecule has 0 spiro atoms. The summed E-state index contributed by atoms with van der Waals surface area (Å²) in [5.41, 5.74) is 8.69. The first-order valence-corrected chi connectivity index (χ1v) is 9.12. The van der Waals surface area contributed by atoms with Gasteiger partial charge in [0.2, 0.25) is 5.91 Å². The van der Waals surface area contributed by atoms with Crippen molar-refractivity contribution in [2.75, 3.05) is 13.1 Å². The summed E-state index contributed by atoms with van der Waals surface area (Å²) in [6.07, 6.45) is 0. The van der Waals surface area contributed by atoms with E-state index in [-0.39, 0.29) is 30.9 Å². The molecular weight excluding hydrogens is 354 g/mol. The molecule has 0 saturated heterocycles. The van der Waals surface area contributed by atoms with Gasteiger partial charge in [0.25, 0.3) is 5.91 Å². The molecule has 0 bridgehead atoms. The summed E-state index contributed by atoms with van der Waals surface area (Å²) in [7, 11) is 0. The van der Waals surface area contributed by atoms with Gasteiger partial charge in [0.15, 0.2) is 0 Å². The van der Waals surface area contributed by atoms with Crippen LogP contribution >= 0.6 is 0 Å². The molecule has 0 unspecified atom stereocenters. The van der Waals surface area contributed by atoms with Crippen molar-refractivity contribution in [1.82, 2.24) is 10.2 Å². The molecule has 2 aromatic rings. The third-order valence-corrected chi connectivity index (χ3v) is 4.63. The average molecular weight is 379 g/mol. The molecule has 28 heavy (non-hydrogen) atoms. The highest BCUT2D eigenvalue weighted by Crippen LogP contribution is 2.30. The van der Waals surface area contributed by atoms with Crippen LogP contribution < -0.4 is 5.32 Å². The van der Waals surface area contributed by atoms with Crippen molar-refractivity contribution in [3.05, 3.63) is 82.2 Å². The van der Waals surface area contributed by atoms with Crippen LogP contribution in [-0.2, 0) is 4.79 Å². The van der Waals surface area contributed by atoms with E-state index in [9.17, 15) is 9.59 Å². The van der Waals surface area contributed by atoms with E-state index in [1.54, 1.807) is 43.0 Å². The number of nitrogens with zero attached hydrogens (tertiary/aromatic N) is 4. The average Bonchev–Trinajstić information content (AvgIpc) is 2.72. The Balaban J connectivity index is 2.37. The number of nitrogens with one attached hydrogen (secondary N) is 1. The zero-order chi connectivity index (χ0) is 20.6. The number of amides is 2. The zero-order valence-electron chi connectivity index (χ0n) is 16.4. The number of carbonyl (C=O) groups excluding carboxylic acids is 2. The summed E-state index contributed by atoms with van der Waals surface area (Å²) in [6.45, 7) is 5.70. The fourth-order valence-electron chi connectivity index (χ4n) is 3.10. The number of carbonyl (C=O) groups is 2. The molecule has 2 amide bonds. The Bertz CT molecular complexity index is 846. The van der Waals surface area contributed by atoms with Crippen LogP contribution in [0.15, 0.2) is 65.8 Å². The van der Waals surface area contributed by atoms with Gasteiger partial charge in [-0.15, -0.1) is 0 Å². The van der Waals surface area contributed by atoms with E-state index < -0.39 is 5.54 Å². The molecule has 7 heteroatoms. The van der Waals surface area contributed by atoms with E-state index >= 15 is 0 Å². The molecule has 0 heterocycles. The van der Waals surface area contributed by atoms with Crippen molar-refractivity contribution in [3.63, 3.8) is 0 Å². The van der Waals surface area contributed by atoms with Gasteiger partial charge in [0, 0.05) is 23.6 Å². The number of hydrogen-bond donors (Lipinski definition) is 1. The van der Waals surface area contributed by atoms with Crippen LogP contribution in [0.25, 0.3) is 10.4 Å². The fourth-order valence-corrected chi connectivity index (χ4v) is 3.10. The maximum absolute atomic E-state index is 13.4. The highest BCUT2D eigenvalue weighted by atomic mass is 16.2. The van der Waals surface area contributed by atoms with E-state index in [1.165, 1.54) is 0 Å². The second kappa shape index (κ2) is 9.58. The Morgan fingerprint density at radius 1 is 1.11 bits per heavy atom. The van der Waals surface area contributed by atoms with Crippen molar-refractivity contribution in [1.29, 1.82) is 0 Å². The van der Waals surface area contributed by atoms with E-state index in [4.69, 9.17) is 5.53 Å². The minimum Gasteiger partial charge on any atom is -0.354 e. The van der Waals surface area contributed by atoms with Gasteiger partial charge in [-0.2, -0.15) is 0 Å². The molecule has 1 N–H and O–H groups in total. The largest absolute Gasteiger partial charge is 0.354 e. The quantitative estimate of drug-likeness (QED) is 0.323. The lowest BCUT2D eigenvalue weighted by atomic mass is 9.94. The topological polar surface area (TPSA) is 98.2 Å². The summed E-state index contributed by atoms with van der Waals surface area (Å²) < 4.78 is 0. The molecule has 7 nitrogen and oxygen atoms in total. The molecule has 0 fully saturated rings. The van der Waals surface area contributed by atoms with Crippen molar-refractivity contribution < 1.29 is 9.59 Å². The summed E-state index contributed by atoms with van der Waals surface area (Å²) in [5, 5.41) is 6.17. The lowest BCUT2D eigenvalue weighted by Crippen LogP contribution is -2.58. The molecule has 0 aliphatic carbocycles. The van der Waals surface area contributed by atoms with Gasteiger partial charge in [-0.3, -0.25) is 9.59 Å². The summed E-state index contributed by atoms with van der Waals surface area (Å²) in [6, 6.07) is 18.2. The van der Waals surface area contributed by atoms with Crippen LogP contribution in [0.4, 0.5) is 0 Å². The molecule has 0 aromatic heterocycles. The third-order valence-electron chi connectivity index (χ3n) is 4.63. The second-order valence-corrected chi connectivity index (χ2v) is 6.90. The number of rotatable bonds is 8. The second-order valence-electron chi connectivity index (χ2n) is 6.90. The summed E-state index contributed by atoms with van der Waals surface area (Å²) in [4.78, 5) is 30.5. The molecular formula is C21H25N5O2. The van der Waals surface area contributed by atoms with Crippen LogP contribution in [0.3, 0.4) is 0 Å². The normalized spacial score (nSPS) is 11.8. The highest BCUT2D eigenvalue weighted by Gasteiger charge is 2.41. The number of hydrogen-bond acceptors (Lipinski definition) is 3. The monoisotopic (exact) mass is 379 g/mol. The smallest absolute Gasteiger partial charge is 0.255 e. The van der Waals surface area contributed by atoms with Crippen molar-refractivity contribution in [2.24, 2.45) is 5.11 Å². The molecule has 0 aliphatic heterocycles. The molecule has 0 aliphatic rings. The van der Waals surface area contributed by atoms with E-state index in [0.717, 1.165) is 5.56 Å². The lowest BCUT2D eigenvalue weighted by molar-refractivity contribution is -0.131. The molecule has 0 saturated carbocycles. The van der Waals surface area contributed by atoms with Gasteiger partial charge in [-0.05, 0) is 44.0 Å². The molecule has 146 valence electrons. The van der Waals surface area contributed by atoms with Gasteiger partial charge >= 0.3 is 0 Å². The lowest BCUT2D eigenvalue weighted by Gasteiger charge is -2.41. The SMILES string of the molecule is C[C@@H](c1ccccc1)N(C(=O)c1ccccc1)C(C)(C)C(=O)NCCN=[N+]=[N-]. The predicted octanol–water partition coefficient (Wildman–Crippen LogP) is 4.10. The minimum absolute atomic E-state index is 0.152. The first kappa shape index (κ1) is 21.0. The maximum Gasteiger partial charge on any atom is 0.255 e. The zero-order valence-corrected chi connectivity index (χ0v) is 16.4. The van der Waals surface area contributed by atoms with Crippen molar-refractivity contribution >= 4 is 11.8 Å².